The Labute approximate surface area is 224 Å². The smallest absolute Gasteiger partial charge is 0.243 e. The number of hydrogen-bond donors (Lipinski definition) is 1. The van der Waals surface area contributed by atoms with Crippen molar-refractivity contribution in [1.82, 2.24) is 10.2 Å². The van der Waals surface area contributed by atoms with Crippen molar-refractivity contribution in [2.75, 3.05) is 13.7 Å². The molecule has 2 amide bonds. The van der Waals surface area contributed by atoms with E-state index in [1.54, 1.807) is 18.1 Å². The first kappa shape index (κ1) is 28.1. The van der Waals surface area contributed by atoms with Crippen molar-refractivity contribution >= 4 is 23.4 Å². The third-order valence-corrected chi connectivity index (χ3v) is 6.04. The van der Waals surface area contributed by atoms with Crippen LogP contribution in [-0.4, -0.2) is 42.5 Å². The zero-order valence-corrected chi connectivity index (χ0v) is 22.4. The van der Waals surface area contributed by atoms with Crippen LogP contribution in [0.4, 0.5) is 0 Å². The van der Waals surface area contributed by atoms with Gasteiger partial charge in [-0.05, 0) is 67.8 Å². The monoisotopic (exact) mass is 522 g/mol. The first-order chi connectivity index (χ1) is 17.9. The normalized spacial score (nSPS) is 11.6. The molecule has 1 atom stereocenters. The van der Waals surface area contributed by atoms with E-state index < -0.39 is 6.04 Å². The van der Waals surface area contributed by atoms with Gasteiger partial charge in [-0.2, -0.15) is 0 Å². The van der Waals surface area contributed by atoms with Gasteiger partial charge in [0.1, 0.15) is 17.5 Å². The fraction of sp³-hybridized carbons (Fsp3) is 0.333. The van der Waals surface area contributed by atoms with Gasteiger partial charge >= 0.3 is 0 Å². The summed E-state index contributed by atoms with van der Waals surface area (Å²) in [6.07, 6.45) is 1.17. The minimum atomic E-state index is -0.668. The largest absolute Gasteiger partial charge is 0.497 e. The molecule has 3 rings (SSSR count). The first-order valence-corrected chi connectivity index (χ1v) is 12.9. The van der Waals surface area contributed by atoms with Crippen LogP contribution in [0.25, 0.3) is 0 Å². The van der Waals surface area contributed by atoms with Crippen molar-refractivity contribution in [1.29, 1.82) is 0 Å². The number of nitrogens with zero attached hydrogens (tertiary/aromatic N) is 1. The zero-order chi connectivity index (χ0) is 26.6. The predicted molar refractivity (Wildman–Crippen MR) is 147 cm³/mol. The summed E-state index contributed by atoms with van der Waals surface area (Å²) in [5, 5.41) is 3.59. The summed E-state index contributed by atoms with van der Waals surface area (Å²) >= 11 is 6.22. The quantitative estimate of drug-likeness (QED) is 0.294. The van der Waals surface area contributed by atoms with Gasteiger partial charge in [0.2, 0.25) is 11.8 Å². The van der Waals surface area contributed by atoms with E-state index in [0.717, 1.165) is 16.9 Å². The minimum absolute atomic E-state index is 0.0493. The molecule has 0 unspecified atom stereocenters. The number of amides is 2. The molecular formula is C30H35ClN2O4. The molecule has 3 aromatic rings. The lowest BCUT2D eigenvalue weighted by molar-refractivity contribution is -0.141. The first-order valence-electron chi connectivity index (χ1n) is 12.5. The maximum atomic E-state index is 13.6. The summed E-state index contributed by atoms with van der Waals surface area (Å²) < 4.78 is 11.0. The highest BCUT2D eigenvalue weighted by molar-refractivity contribution is 6.30. The standard InChI is InChI=1S/C30H35ClN2O4/c1-22(2)32-30(35)28(20-23-9-5-4-6-10-23)33(21-24-11-7-12-25(31)19-24)29(34)13-8-18-37-27-16-14-26(36-3)15-17-27/h4-7,9-12,14-17,19,22,28H,8,13,18,20-21H2,1-3H3,(H,32,35)/t28-/m1/s1. The molecule has 0 aliphatic rings. The molecule has 0 radical (unpaired) electrons. The second kappa shape index (κ2) is 14.3. The Bertz CT molecular complexity index is 1140. The summed E-state index contributed by atoms with van der Waals surface area (Å²) in [7, 11) is 1.61. The summed E-state index contributed by atoms with van der Waals surface area (Å²) in [6, 6.07) is 23.7. The molecule has 0 bridgehead atoms. The third-order valence-electron chi connectivity index (χ3n) is 5.81. The van der Waals surface area contributed by atoms with Gasteiger partial charge in [0.15, 0.2) is 0 Å². The molecule has 0 saturated heterocycles. The number of nitrogens with one attached hydrogen (secondary N) is 1. The van der Waals surface area contributed by atoms with Crippen LogP contribution in [0.1, 0.15) is 37.8 Å². The third kappa shape index (κ3) is 9.14. The Hall–Kier alpha value is -3.51. The summed E-state index contributed by atoms with van der Waals surface area (Å²) in [5.74, 6) is 1.17. The van der Waals surface area contributed by atoms with Crippen LogP contribution >= 0.6 is 11.6 Å². The molecule has 3 aromatic carbocycles. The average molecular weight is 523 g/mol. The van der Waals surface area contributed by atoms with E-state index in [9.17, 15) is 9.59 Å². The molecule has 0 heterocycles. The number of benzene rings is 3. The molecule has 0 fully saturated rings. The topological polar surface area (TPSA) is 67.9 Å². The SMILES string of the molecule is COc1ccc(OCCCC(=O)N(Cc2cccc(Cl)c2)[C@H](Cc2ccccc2)C(=O)NC(C)C)cc1. The molecule has 0 aromatic heterocycles. The van der Waals surface area contributed by atoms with Crippen LogP contribution in [0.2, 0.25) is 5.02 Å². The van der Waals surface area contributed by atoms with Crippen LogP contribution in [0.3, 0.4) is 0 Å². The van der Waals surface area contributed by atoms with E-state index >= 15 is 0 Å². The van der Waals surface area contributed by atoms with Gasteiger partial charge in [0, 0.05) is 30.5 Å². The molecule has 0 aliphatic heterocycles. The fourth-order valence-electron chi connectivity index (χ4n) is 4.00. The fourth-order valence-corrected chi connectivity index (χ4v) is 4.21. The number of halogens is 1. The lowest BCUT2D eigenvalue weighted by Gasteiger charge is -2.32. The van der Waals surface area contributed by atoms with Crippen molar-refractivity contribution in [3.63, 3.8) is 0 Å². The number of methoxy groups -OCH3 is 1. The lowest BCUT2D eigenvalue weighted by Crippen LogP contribution is -2.51. The molecule has 0 saturated carbocycles. The van der Waals surface area contributed by atoms with E-state index in [1.165, 1.54) is 0 Å². The Morgan fingerprint density at radius 3 is 2.24 bits per heavy atom. The summed E-state index contributed by atoms with van der Waals surface area (Å²) in [6.45, 7) is 4.49. The van der Waals surface area contributed by atoms with Gasteiger partial charge < -0.3 is 19.7 Å². The molecule has 7 heteroatoms. The van der Waals surface area contributed by atoms with Crippen molar-refractivity contribution in [3.05, 3.63) is 95.0 Å². The van der Waals surface area contributed by atoms with Gasteiger partial charge in [-0.15, -0.1) is 0 Å². The molecule has 0 spiro atoms. The van der Waals surface area contributed by atoms with Crippen molar-refractivity contribution < 1.29 is 19.1 Å². The van der Waals surface area contributed by atoms with Crippen molar-refractivity contribution in [3.8, 4) is 11.5 Å². The highest BCUT2D eigenvalue weighted by Crippen LogP contribution is 2.20. The van der Waals surface area contributed by atoms with E-state index in [1.807, 2.05) is 86.6 Å². The van der Waals surface area contributed by atoms with Crippen molar-refractivity contribution in [2.24, 2.45) is 0 Å². The van der Waals surface area contributed by atoms with E-state index in [-0.39, 0.29) is 30.8 Å². The van der Waals surface area contributed by atoms with E-state index in [4.69, 9.17) is 21.1 Å². The second-order valence-electron chi connectivity index (χ2n) is 9.15. The zero-order valence-electron chi connectivity index (χ0n) is 21.7. The predicted octanol–water partition coefficient (Wildman–Crippen LogP) is 5.67. The number of hydrogen-bond acceptors (Lipinski definition) is 4. The van der Waals surface area contributed by atoms with Gasteiger partial charge in [-0.3, -0.25) is 9.59 Å². The Kier molecular flexibility index (Phi) is 10.8. The number of rotatable bonds is 13. The highest BCUT2D eigenvalue weighted by Gasteiger charge is 2.30. The Morgan fingerprint density at radius 1 is 0.919 bits per heavy atom. The molecule has 1 N–H and O–H groups in total. The van der Waals surface area contributed by atoms with Gasteiger partial charge in [0.25, 0.3) is 0 Å². The molecule has 6 nitrogen and oxygen atoms in total. The molecular weight excluding hydrogens is 488 g/mol. The average Bonchev–Trinajstić information content (AvgIpc) is 2.89. The lowest BCUT2D eigenvalue weighted by atomic mass is 10.0. The number of carbonyl (C=O) groups excluding carboxylic acids is 2. The Morgan fingerprint density at radius 2 is 1.59 bits per heavy atom. The van der Waals surface area contributed by atoms with Crippen LogP contribution < -0.4 is 14.8 Å². The van der Waals surface area contributed by atoms with Gasteiger partial charge in [0.05, 0.1) is 13.7 Å². The summed E-state index contributed by atoms with van der Waals surface area (Å²) in [4.78, 5) is 28.6. The van der Waals surface area contributed by atoms with E-state index in [2.05, 4.69) is 5.32 Å². The second-order valence-corrected chi connectivity index (χ2v) is 9.58. The van der Waals surface area contributed by atoms with Gasteiger partial charge in [-0.1, -0.05) is 54.1 Å². The van der Waals surface area contributed by atoms with Crippen LogP contribution in [0, 0.1) is 0 Å². The maximum absolute atomic E-state index is 13.6. The Balaban J connectivity index is 1.76. The maximum Gasteiger partial charge on any atom is 0.243 e. The number of ether oxygens (including phenoxy) is 2. The van der Waals surface area contributed by atoms with Crippen LogP contribution in [-0.2, 0) is 22.6 Å². The van der Waals surface area contributed by atoms with Crippen molar-refractivity contribution in [2.45, 2.75) is 51.7 Å². The molecule has 37 heavy (non-hydrogen) atoms. The van der Waals surface area contributed by atoms with Gasteiger partial charge in [-0.25, -0.2) is 0 Å². The number of carbonyl (C=O) groups is 2. The van der Waals surface area contributed by atoms with Crippen LogP contribution in [0.5, 0.6) is 11.5 Å². The highest BCUT2D eigenvalue weighted by atomic mass is 35.5. The van der Waals surface area contributed by atoms with Crippen LogP contribution in [0.15, 0.2) is 78.9 Å². The summed E-state index contributed by atoms with van der Waals surface area (Å²) in [5.41, 5.74) is 1.85. The molecule has 0 aliphatic carbocycles. The minimum Gasteiger partial charge on any atom is -0.497 e. The van der Waals surface area contributed by atoms with E-state index in [0.29, 0.717) is 30.2 Å². The molecule has 196 valence electrons.